The SMILES string of the molecule is Cc1cc(N2CCC(NS(C)(=O)=O)CC2)nc(-c2ccccc2O)n1. The number of aromatic nitrogens is 2. The summed E-state index contributed by atoms with van der Waals surface area (Å²) in [5.74, 6) is 1.43. The summed E-state index contributed by atoms with van der Waals surface area (Å²) in [5.41, 5.74) is 1.42. The number of sulfonamides is 1. The van der Waals surface area contributed by atoms with Crippen LogP contribution in [0.5, 0.6) is 5.75 Å². The van der Waals surface area contributed by atoms with Gasteiger partial charge in [0.1, 0.15) is 11.6 Å². The summed E-state index contributed by atoms with van der Waals surface area (Å²) < 4.78 is 25.4. The molecule has 1 aliphatic rings. The number of para-hydroxylation sites is 1. The lowest BCUT2D eigenvalue weighted by Gasteiger charge is -2.33. The van der Waals surface area contributed by atoms with Crippen LogP contribution in [-0.4, -0.2) is 48.9 Å². The van der Waals surface area contributed by atoms with Crippen molar-refractivity contribution in [3.8, 4) is 17.1 Å². The third-order valence-corrected chi connectivity index (χ3v) is 4.95. The van der Waals surface area contributed by atoms with Gasteiger partial charge in [-0.15, -0.1) is 0 Å². The van der Waals surface area contributed by atoms with Crippen LogP contribution in [0, 0.1) is 6.92 Å². The van der Waals surface area contributed by atoms with Gasteiger partial charge in [0.25, 0.3) is 0 Å². The van der Waals surface area contributed by atoms with E-state index in [1.807, 2.05) is 19.1 Å². The zero-order valence-electron chi connectivity index (χ0n) is 14.3. The van der Waals surface area contributed by atoms with Crippen LogP contribution in [0.1, 0.15) is 18.5 Å². The molecule has 0 aliphatic carbocycles. The van der Waals surface area contributed by atoms with Crippen molar-refractivity contribution in [1.29, 1.82) is 0 Å². The molecule has 0 amide bonds. The van der Waals surface area contributed by atoms with Crippen molar-refractivity contribution in [2.45, 2.75) is 25.8 Å². The molecule has 2 aromatic rings. The van der Waals surface area contributed by atoms with E-state index in [4.69, 9.17) is 0 Å². The monoisotopic (exact) mass is 362 g/mol. The van der Waals surface area contributed by atoms with E-state index in [1.54, 1.807) is 18.2 Å². The predicted octanol–water partition coefficient (Wildman–Crippen LogP) is 1.68. The highest BCUT2D eigenvalue weighted by molar-refractivity contribution is 7.88. The molecule has 0 atom stereocenters. The summed E-state index contributed by atoms with van der Waals surface area (Å²) in [4.78, 5) is 11.2. The smallest absolute Gasteiger partial charge is 0.208 e. The molecule has 0 unspecified atom stereocenters. The predicted molar refractivity (Wildman–Crippen MR) is 97.1 cm³/mol. The van der Waals surface area contributed by atoms with Crippen LogP contribution in [0.25, 0.3) is 11.4 Å². The molecule has 0 radical (unpaired) electrons. The highest BCUT2D eigenvalue weighted by Crippen LogP contribution is 2.28. The summed E-state index contributed by atoms with van der Waals surface area (Å²) in [6.07, 6.45) is 2.63. The van der Waals surface area contributed by atoms with Crippen LogP contribution < -0.4 is 9.62 Å². The first-order valence-electron chi connectivity index (χ1n) is 8.18. The lowest BCUT2D eigenvalue weighted by Crippen LogP contribution is -2.44. The molecule has 0 saturated carbocycles. The van der Waals surface area contributed by atoms with Gasteiger partial charge in [0.05, 0.1) is 11.8 Å². The van der Waals surface area contributed by atoms with Gasteiger partial charge in [-0.05, 0) is 31.9 Å². The fourth-order valence-corrected chi connectivity index (χ4v) is 3.87. The van der Waals surface area contributed by atoms with E-state index >= 15 is 0 Å². The number of phenols is 1. The molecule has 1 aromatic carbocycles. The number of nitrogens with one attached hydrogen (secondary N) is 1. The summed E-state index contributed by atoms with van der Waals surface area (Å²) >= 11 is 0. The second-order valence-electron chi connectivity index (χ2n) is 6.36. The summed E-state index contributed by atoms with van der Waals surface area (Å²) in [6, 6.07) is 8.87. The molecule has 1 fully saturated rings. The number of phenolic OH excluding ortho intramolecular Hbond substituents is 1. The van der Waals surface area contributed by atoms with Crippen LogP contribution in [0.4, 0.5) is 5.82 Å². The second kappa shape index (κ2) is 6.97. The maximum Gasteiger partial charge on any atom is 0.208 e. The molecule has 0 bridgehead atoms. The number of hydrogen-bond acceptors (Lipinski definition) is 6. The van der Waals surface area contributed by atoms with Gasteiger partial charge in [0.15, 0.2) is 5.82 Å². The minimum Gasteiger partial charge on any atom is -0.507 e. The number of hydrogen-bond donors (Lipinski definition) is 2. The van der Waals surface area contributed by atoms with Crippen LogP contribution in [-0.2, 0) is 10.0 Å². The molecule has 1 aromatic heterocycles. The van der Waals surface area contributed by atoms with Crippen molar-refractivity contribution in [3.63, 3.8) is 0 Å². The van der Waals surface area contributed by atoms with E-state index in [2.05, 4.69) is 19.6 Å². The summed E-state index contributed by atoms with van der Waals surface area (Å²) in [7, 11) is -3.18. The summed E-state index contributed by atoms with van der Waals surface area (Å²) in [6.45, 7) is 3.32. The van der Waals surface area contributed by atoms with Gasteiger partial charge in [-0.25, -0.2) is 23.1 Å². The van der Waals surface area contributed by atoms with Gasteiger partial charge < -0.3 is 10.0 Å². The van der Waals surface area contributed by atoms with Crippen molar-refractivity contribution >= 4 is 15.8 Å². The molecule has 7 nitrogen and oxygen atoms in total. The van der Waals surface area contributed by atoms with Crippen LogP contribution in [0.2, 0.25) is 0 Å². The molecule has 25 heavy (non-hydrogen) atoms. The molecule has 0 spiro atoms. The quantitative estimate of drug-likeness (QED) is 0.859. The molecule has 2 N–H and O–H groups in total. The third kappa shape index (κ3) is 4.46. The molecule has 2 heterocycles. The van der Waals surface area contributed by atoms with Crippen molar-refractivity contribution < 1.29 is 13.5 Å². The number of benzene rings is 1. The first kappa shape index (κ1) is 17.6. The van der Waals surface area contributed by atoms with Crippen molar-refractivity contribution in [2.75, 3.05) is 24.2 Å². The van der Waals surface area contributed by atoms with E-state index < -0.39 is 10.0 Å². The minimum atomic E-state index is -3.18. The Morgan fingerprint density at radius 2 is 1.88 bits per heavy atom. The van der Waals surface area contributed by atoms with E-state index in [9.17, 15) is 13.5 Å². The molecule has 1 saturated heterocycles. The Morgan fingerprint density at radius 1 is 1.20 bits per heavy atom. The van der Waals surface area contributed by atoms with Crippen molar-refractivity contribution in [1.82, 2.24) is 14.7 Å². The second-order valence-corrected chi connectivity index (χ2v) is 8.14. The standard InChI is InChI=1S/C17H22N4O3S/c1-12-11-16(19-17(18-12)14-5-3-4-6-15(14)22)21-9-7-13(8-10-21)20-25(2,23)24/h3-6,11,13,20,22H,7-10H2,1-2H3. The fourth-order valence-electron chi connectivity index (χ4n) is 3.03. The zero-order chi connectivity index (χ0) is 18.0. The highest BCUT2D eigenvalue weighted by Gasteiger charge is 2.23. The topological polar surface area (TPSA) is 95.4 Å². The van der Waals surface area contributed by atoms with E-state index in [1.165, 1.54) is 6.26 Å². The lowest BCUT2D eigenvalue weighted by molar-refractivity contribution is 0.460. The van der Waals surface area contributed by atoms with Crippen LogP contribution in [0.3, 0.4) is 0 Å². The Labute approximate surface area is 147 Å². The van der Waals surface area contributed by atoms with Crippen LogP contribution >= 0.6 is 0 Å². The van der Waals surface area contributed by atoms with E-state index in [0.717, 1.165) is 24.4 Å². The Hall–Kier alpha value is -2.19. The average molecular weight is 362 g/mol. The number of aromatic hydroxyl groups is 1. The molecule has 8 heteroatoms. The van der Waals surface area contributed by atoms with Gasteiger partial charge in [-0.1, -0.05) is 12.1 Å². The average Bonchev–Trinajstić information content (AvgIpc) is 2.54. The van der Waals surface area contributed by atoms with E-state index in [0.29, 0.717) is 24.5 Å². The molecular formula is C17H22N4O3S. The Bertz CT molecular complexity index is 862. The molecule has 134 valence electrons. The van der Waals surface area contributed by atoms with Crippen molar-refractivity contribution in [3.05, 3.63) is 36.0 Å². The number of rotatable bonds is 4. The van der Waals surface area contributed by atoms with Crippen LogP contribution in [0.15, 0.2) is 30.3 Å². The Balaban J connectivity index is 1.79. The zero-order valence-corrected chi connectivity index (χ0v) is 15.1. The number of nitrogens with zero attached hydrogens (tertiary/aromatic N) is 3. The largest absolute Gasteiger partial charge is 0.507 e. The lowest BCUT2D eigenvalue weighted by atomic mass is 10.1. The van der Waals surface area contributed by atoms with Crippen molar-refractivity contribution in [2.24, 2.45) is 0 Å². The van der Waals surface area contributed by atoms with Gasteiger partial charge >= 0.3 is 0 Å². The maximum atomic E-state index is 11.4. The normalized spacial score (nSPS) is 16.2. The number of anilines is 1. The third-order valence-electron chi connectivity index (χ3n) is 4.19. The molecular weight excluding hydrogens is 340 g/mol. The number of piperidine rings is 1. The minimum absolute atomic E-state index is 0.0353. The summed E-state index contributed by atoms with van der Waals surface area (Å²) in [5, 5.41) is 10.0. The first-order chi connectivity index (χ1) is 11.8. The fraction of sp³-hybridized carbons (Fsp3) is 0.412. The molecule has 1 aliphatic heterocycles. The van der Waals surface area contributed by atoms with E-state index in [-0.39, 0.29) is 11.8 Å². The maximum absolute atomic E-state index is 11.4. The van der Waals surface area contributed by atoms with Gasteiger partial charge in [-0.2, -0.15) is 0 Å². The molecule has 3 rings (SSSR count). The van der Waals surface area contributed by atoms with Gasteiger partial charge in [-0.3, -0.25) is 0 Å². The highest BCUT2D eigenvalue weighted by atomic mass is 32.2. The van der Waals surface area contributed by atoms with Gasteiger partial charge in [0.2, 0.25) is 10.0 Å². The number of aryl methyl sites for hydroxylation is 1. The first-order valence-corrected chi connectivity index (χ1v) is 10.1. The Morgan fingerprint density at radius 3 is 2.52 bits per heavy atom. The van der Waals surface area contributed by atoms with Gasteiger partial charge in [0, 0.05) is 30.9 Å². The Kier molecular flexibility index (Phi) is 4.91.